The fourth-order valence-electron chi connectivity index (χ4n) is 2.41. The molecular weight excluding hydrogens is 202 g/mol. The lowest BCUT2D eigenvalue weighted by Gasteiger charge is -2.18. The molecule has 1 N–H and O–H groups in total. The molecule has 1 aliphatic rings. The van der Waals surface area contributed by atoms with Gasteiger partial charge in [0.2, 0.25) is 0 Å². The van der Waals surface area contributed by atoms with Gasteiger partial charge in [-0.15, -0.1) is 0 Å². The monoisotopic (exact) mass is 219 g/mol. The summed E-state index contributed by atoms with van der Waals surface area (Å²) in [5.74, 6) is 0.0815. The van der Waals surface area contributed by atoms with E-state index in [2.05, 4.69) is 24.4 Å². The lowest BCUT2D eigenvalue weighted by Crippen LogP contribution is -2.23. The highest BCUT2D eigenvalue weighted by molar-refractivity contribution is 5.74. The Morgan fingerprint density at radius 3 is 2.81 bits per heavy atom. The first-order chi connectivity index (χ1) is 7.74. The van der Waals surface area contributed by atoms with Gasteiger partial charge in [0.05, 0.1) is 13.0 Å². The van der Waals surface area contributed by atoms with Gasteiger partial charge in [-0.3, -0.25) is 4.79 Å². The summed E-state index contributed by atoms with van der Waals surface area (Å²) in [6, 6.07) is 8.23. The average molecular weight is 219 g/mol. The molecule has 1 aromatic rings. The van der Waals surface area contributed by atoms with Gasteiger partial charge in [-0.2, -0.15) is 0 Å². The van der Waals surface area contributed by atoms with Crippen LogP contribution in [0.15, 0.2) is 24.3 Å². The zero-order valence-corrected chi connectivity index (χ0v) is 9.69. The van der Waals surface area contributed by atoms with E-state index in [1.807, 2.05) is 12.1 Å². The van der Waals surface area contributed by atoms with Crippen molar-refractivity contribution in [2.24, 2.45) is 5.92 Å². The van der Waals surface area contributed by atoms with E-state index in [1.54, 1.807) is 0 Å². The van der Waals surface area contributed by atoms with Crippen LogP contribution in [0.5, 0.6) is 0 Å². The molecule has 3 heteroatoms. The minimum absolute atomic E-state index is 0.0499. The van der Waals surface area contributed by atoms with Gasteiger partial charge in [-0.05, 0) is 18.1 Å². The van der Waals surface area contributed by atoms with Gasteiger partial charge in [0.15, 0.2) is 0 Å². The Morgan fingerprint density at radius 1 is 1.38 bits per heavy atom. The molecule has 1 fully saturated rings. The molecule has 0 aromatic heterocycles. The van der Waals surface area contributed by atoms with Crippen LogP contribution in [-0.4, -0.2) is 26.2 Å². The third-order valence-corrected chi connectivity index (χ3v) is 3.31. The van der Waals surface area contributed by atoms with E-state index in [0.717, 1.165) is 6.54 Å². The number of esters is 1. The second kappa shape index (κ2) is 4.66. The second-order valence-electron chi connectivity index (χ2n) is 4.25. The molecule has 0 saturated carbocycles. The van der Waals surface area contributed by atoms with E-state index in [4.69, 9.17) is 4.74 Å². The number of nitrogens with one attached hydrogen (secondary N) is 1. The molecule has 0 bridgehead atoms. The number of methoxy groups -OCH3 is 1. The van der Waals surface area contributed by atoms with Crippen LogP contribution in [0.4, 0.5) is 0 Å². The van der Waals surface area contributed by atoms with Crippen molar-refractivity contribution in [2.75, 3.05) is 20.2 Å². The number of hydrogen-bond acceptors (Lipinski definition) is 3. The summed E-state index contributed by atoms with van der Waals surface area (Å²) < 4.78 is 4.85. The molecule has 0 aliphatic carbocycles. The minimum atomic E-state index is -0.113. The maximum atomic E-state index is 11.6. The standard InChI is InChI=1S/C13H17NO2/c1-9-5-3-4-6-10(9)11-7-14-8-12(11)13(15)16-2/h3-6,11-12,14H,7-8H2,1-2H3/t11-,12+/m1/s1. The second-order valence-corrected chi connectivity index (χ2v) is 4.25. The summed E-state index contributed by atoms with van der Waals surface area (Å²) >= 11 is 0. The highest BCUT2D eigenvalue weighted by Gasteiger charge is 2.35. The first-order valence-corrected chi connectivity index (χ1v) is 5.58. The van der Waals surface area contributed by atoms with Crippen molar-refractivity contribution in [1.82, 2.24) is 5.32 Å². The predicted octanol–water partition coefficient (Wildman–Crippen LogP) is 1.47. The first-order valence-electron chi connectivity index (χ1n) is 5.58. The summed E-state index contributed by atoms with van der Waals surface area (Å²) in [5, 5.41) is 3.26. The number of hydrogen-bond donors (Lipinski definition) is 1. The smallest absolute Gasteiger partial charge is 0.310 e. The number of benzene rings is 1. The van der Waals surface area contributed by atoms with E-state index in [9.17, 15) is 4.79 Å². The van der Waals surface area contributed by atoms with Crippen LogP contribution in [-0.2, 0) is 9.53 Å². The zero-order chi connectivity index (χ0) is 11.5. The number of carbonyl (C=O) groups excluding carboxylic acids is 1. The van der Waals surface area contributed by atoms with E-state index in [-0.39, 0.29) is 17.8 Å². The molecule has 0 unspecified atom stereocenters. The van der Waals surface area contributed by atoms with Gasteiger partial charge in [0, 0.05) is 19.0 Å². The zero-order valence-electron chi connectivity index (χ0n) is 9.69. The minimum Gasteiger partial charge on any atom is -0.469 e. The van der Waals surface area contributed by atoms with Gasteiger partial charge in [-0.1, -0.05) is 24.3 Å². The molecule has 1 saturated heterocycles. The van der Waals surface area contributed by atoms with Crippen LogP contribution in [0.25, 0.3) is 0 Å². The van der Waals surface area contributed by atoms with Gasteiger partial charge in [0.1, 0.15) is 0 Å². The molecule has 0 amide bonds. The Labute approximate surface area is 95.8 Å². The van der Waals surface area contributed by atoms with Crippen molar-refractivity contribution in [3.05, 3.63) is 35.4 Å². The first kappa shape index (κ1) is 11.1. The lowest BCUT2D eigenvalue weighted by atomic mass is 9.86. The van der Waals surface area contributed by atoms with Crippen molar-refractivity contribution in [3.8, 4) is 0 Å². The Hall–Kier alpha value is -1.35. The molecule has 0 spiro atoms. The maximum absolute atomic E-state index is 11.6. The van der Waals surface area contributed by atoms with Crippen molar-refractivity contribution >= 4 is 5.97 Å². The van der Waals surface area contributed by atoms with E-state index < -0.39 is 0 Å². The molecule has 3 nitrogen and oxygen atoms in total. The fourth-order valence-corrected chi connectivity index (χ4v) is 2.41. The van der Waals surface area contributed by atoms with Crippen molar-refractivity contribution in [1.29, 1.82) is 0 Å². The van der Waals surface area contributed by atoms with E-state index >= 15 is 0 Å². The highest BCUT2D eigenvalue weighted by atomic mass is 16.5. The van der Waals surface area contributed by atoms with E-state index in [1.165, 1.54) is 18.2 Å². The topological polar surface area (TPSA) is 38.3 Å². The highest BCUT2D eigenvalue weighted by Crippen LogP contribution is 2.30. The molecule has 1 aliphatic heterocycles. The maximum Gasteiger partial charge on any atom is 0.310 e. The van der Waals surface area contributed by atoms with Crippen molar-refractivity contribution in [2.45, 2.75) is 12.8 Å². The van der Waals surface area contributed by atoms with Crippen molar-refractivity contribution < 1.29 is 9.53 Å². The van der Waals surface area contributed by atoms with Gasteiger partial charge in [0.25, 0.3) is 0 Å². The van der Waals surface area contributed by atoms with Crippen LogP contribution < -0.4 is 5.32 Å². The van der Waals surface area contributed by atoms with Crippen LogP contribution in [0, 0.1) is 12.8 Å². The van der Waals surface area contributed by atoms with Gasteiger partial charge in [-0.25, -0.2) is 0 Å². The van der Waals surface area contributed by atoms with Crippen LogP contribution >= 0.6 is 0 Å². The summed E-state index contributed by atoms with van der Waals surface area (Å²) in [6.45, 7) is 3.65. The Bertz CT molecular complexity index is 389. The van der Waals surface area contributed by atoms with Gasteiger partial charge >= 0.3 is 5.97 Å². The number of aryl methyl sites for hydroxylation is 1. The Kier molecular flexibility index (Phi) is 3.25. The average Bonchev–Trinajstić information content (AvgIpc) is 2.77. The van der Waals surface area contributed by atoms with Crippen LogP contribution in [0.3, 0.4) is 0 Å². The predicted molar refractivity (Wildman–Crippen MR) is 62.3 cm³/mol. The number of carbonyl (C=O) groups is 1. The molecule has 16 heavy (non-hydrogen) atoms. The van der Waals surface area contributed by atoms with Crippen LogP contribution in [0.2, 0.25) is 0 Å². The van der Waals surface area contributed by atoms with E-state index in [0.29, 0.717) is 6.54 Å². The quantitative estimate of drug-likeness (QED) is 0.765. The largest absolute Gasteiger partial charge is 0.469 e. The SMILES string of the molecule is COC(=O)[C@H]1CNC[C@@H]1c1ccccc1C. The molecular formula is C13H17NO2. The molecule has 0 radical (unpaired) electrons. The molecule has 2 atom stereocenters. The third-order valence-electron chi connectivity index (χ3n) is 3.31. The fraction of sp³-hybridized carbons (Fsp3) is 0.462. The summed E-state index contributed by atoms with van der Waals surface area (Å²) in [5.41, 5.74) is 2.49. The van der Waals surface area contributed by atoms with Crippen molar-refractivity contribution in [3.63, 3.8) is 0 Å². The van der Waals surface area contributed by atoms with Gasteiger partial charge < -0.3 is 10.1 Å². The number of ether oxygens (including phenoxy) is 1. The molecule has 2 rings (SSSR count). The summed E-state index contributed by atoms with van der Waals surface area (Å²) in [6.07, 6.45) is 0. The summed E-state index contributed by atoms with van der Waals surface area (Å²) in [4.78, 5) is 11.6. The normalized spacial score (nSPS) is 24.4. The number of rotatable bonds is 2. The Morgan fingerprint density at radius 2 is 2.12 bits per heavy atom. The lowest BCUT2D eigenvalue weighted by molar-refractivity contribution is -0.145. The third kappa shape index (κ3) is 1.95. The molecule has 1 aromatic carbocycles. The summed E-state index contributed by atoms with van der Waals surface area (Å²) in [7, 11) is 1.45. The molecule has 86 valence electrons. The van der Waals surface area contributed by atoms with Crippen LogP contribution in [0.1, 0.15) is 17.0 Å². The molecule has 1 heterocycles. The Balaban J connectivity index is 2.27.